The van der Waals surface area contributed by atoms with E-state index < -0.39 is 89.0 Å². The van der Waals surface area contributed by atoms with Gasteiger partial charge in [0.05, 0.1) is 28.3 Å². The van der Waals surface area contributed by atoms with Crippen LogP contribution in [0.25, 0.3) is 16.7 Å². The first-order valence-electron chi connectivity index (χ1n) is 43.9. The van der Waals surface area contributed by atoms with Crippen molar-refractivity contribution in [3.8, 4) is 0 Å². The summed E-state index contributed by atoms with van der Waals surface area (Å²) in [6.07, 6.45) is 14.1. The van der Waals surface area contributed by atoms with E-state index in [1.807, 2.05) is 23.1 Å². The van der Waals surface area contributed by atoms with E-state index in [4.69, 9.17) is 46.8 Å². The fraction of sp³-hybridized carbons (Fsp3) is 0.488. The summed E-state index contributed by atoms with van der Waals surface area (Å²) in [7, 11) is 6.95. The summed E-state index contributed by atoms with van der Waals surface area (Å²) >= 11 is 42.7. The standard InChI is InChI=1S/C23H25BrFN7O4.C17H24N4O4.C13H22BNO3.C13H16N4O4.C10H11BrFN3O.C10H14BrN3O3.ClH.S5.S4.S3.S2.H2S/c1-13(33)30-7-5-14(6-8-30)16-11-31(29-21(16)22(26)35)12-20(34)32-10-15(25)9-17(32)23(36)28-19-4-2-3-18(24)27-19;1-11(22)20-7-5-12(6-8-20)13-9-21(19-15(13)16(18)24)10-14(23)25-17(2,3)4;1-10(16)15-8-6-11(7-9-15)14-17-12(2,3)13(4,5)18-14;1-8(18)16-4-2-9(3-5-16)10-6-17(7-11(19)20)15-12(10)13(14)21;11-8-2-1-3-9(14-8)15-10(16)7-4-6(12)5-13-7;1-10(2,3)17-7(15)5-14-4-6(11)8(13-14)9(12)16;;1-3-5-4-2;1-3-4-2;1-3-2;1-2;/h2-5,11,15,17H,6-10,12H2,1H3,(H2,26,35)(H,27,28,36);5,9H,6-8,10H2,1-4H3,(H2,18,24);6H,7-9H2,1-5H3;2,6H,3-5,7H2,1H3,(H2,14,21)(H,19,20);1-3,6-7,13H,4-5H2,(H,14,15,16);4H,5H2,1-3H3,(H2,12,16);1H;;;;;1H2/t15-,17+;;;;6-,7+;;;;;;;/m1...1......./s1. The van der Waals surface area contributed by atoms with Crippen molar-refractivity contribution >= 4 is 335 Å². The van der Waals surface area contributed by atoms with Crippen molar-refractivity contribution in [3.05, 3.63) is 144 Å². The number of carbonyl (C=O) groups excluding carboxylic acids is 13. The molecule has 4 atom stereocenters. The largest absolute Gasteiger partial charge is 0.490 e. The van der Waals surface area contributed by atoms with Crippen molar-refractivity contribution in [2.45, 2.75) is 208 Å². The minimum atomic E-state index is -1.36. The molecule has 3 saturated heterocycles. The van der Waals surface area contributed by atoms with Crippen molar-refractivity contribution in [1.82, 2.24) is 78.9 Å². The quantitative estimate of drug-likeness (QED) is 0.0219. The van der Waals surface area contributed by atoms with E-state index in [1.54, 1.807) is 106 Å². The van der Waals surface area contributed by atoms with E-state index >= 15 is 0 Å². The number of carbonyl (C=O) groups is 14. The SMILES string of the molecule is CC(=O)N1CC=C(B2OC(C)(C)C(C)(C)O2)CC1.CC(=O)N1CC=C(c2cn(CC(=O)N3C[C@H](F)C[C@H]3C(=O)Nc3cccc(Br)n3)nc2C(N)=O)CC1.CC(=O)N1CC=C(c2cn(CC(=O)O)nc2C(N)=O)CC1.CC(=O)N1CC=C(c2cn(CC(=O)OC(C)(C)C)nc2C(N)=O)CC1.CC(C)(C)OC(=O)Cn1cc(Br)c(C(N)=O)n1.Cl.O=C(Nc1cccc(Br)n1)[C@@H]1C[C@@H](F)CN1.S.S=S.S=S=S.S=S=S=S.S=S=S=S=S. The summed E-state index contributed by atoms with van der Waals surface area (Å²) < 4.78 is 56.3. The molecule has 0 unspecified atom stereocenters. The predicted octanol–water partition coefficient (Wildman–Crippen LogP) is 6.88. The molecule has 0 aliphatic carbocycles. The first-order chi connectivity index (χ1) is 68.9. The van der Waals surface area contributed by atoms with Crippen molar-refractivity contribution in [3.63, 3.8) is 0 Å². The highest BCUT2D eigenvalue weighted by Crippen LogP contribution is 2.40. The van der Waals surface area contributed by atoms with Gasteiger partial charge in [0.15, 0.2) is 22.8 Å². The Balaban J connectivity index is 0.000000599. The molecule has 0 spiro atoms. The summed E-state index contributed by atoms with van der Waals surface area (Å²) in [5.74, 6) is -5.21. The zero-order valence-electron chi connectivity index (χ0n) is 82.9. The number of carboxylic acids is 1. The molecule has 6 aromatic rings. The Morgan fingerprint density at radius 3 is 1.16 bits per heavy atom. The topological polar surface area (TPSA) is 550 Å². The predicted molar refractivity (Wildman–Crippen MR) is 614 cm³/mol. The van der Waals surface area contributed by atoms with Gasteiger partial charge in [-0.1, -0.05) is 36.4 Å². The normalized spacial score (nSPS) is 16.8. The average molecular weight is 2570 g/mol. The Bertz CT molecular complexity index is 6160. The number of nitrogens with two attached hydrogens (primary N) is 4. The zero-order chi connectivity index (χ0) is 111. The third-order valence-corrected chi connectivity index (χ3v) is 29.6. The molecule has 0 bridgehead atoms. The molecule has 12 N–H and O–H groups in total. The van der Waals surface area contributed by atoms with Gasteiger partial charge in [0, 0.05) is 284 Å². The second-order valence-corrected chi connectivity index (χ2v) is 48.1. The Morgan fingerprint density at radius 2 is 0.866 bits per heavy atom. The van der Waals surface area contributed by atoms with Crippen molar-refractivity contribution in [1.29, 1.82) is 0 Å². The number of nitrogens with zero attached hydrogens (tertiary/aromatic N) is 15. The molecule has 3 fully saturated rings. The van der Waals surface area contributed by atoms with Gasteiger partial charge in [-0.3, -0.25) is 85.9 Å². The van der Waals surface area contributed by atoms with Crippen molar-refractivity contribution < 1.29 is 99.8 Å². The Hall–Kier alpha value is -8.36. The molecule has 0 saturated carbocycles. The lowest BCUT2D eigenvalue weighted by molar-refractivity contribution is -0.156. The van der Waals surface area contributed by atoms with Gasteiger partial charge >= 0.3 is 25.0 Å². The van der Waals surface area contributed by atoms with Crippen LogP contribution in [-0.2, 0) is 236 Å². The maximum Gasteiger partial charge on any atom is 0.490 e. The number of alkyl halides is 2. The molecule has 6 aromatic heterocycles. The number of amides is 11. The fourth-order valence-corrected chi connectivity index (χ4v) is 18.1. The van der Waals surface area contributed by atoms with Gasteiger partial charge in [0.1, 0.15) is 76.6 Å². The highest BCUT2D eigenvalue weighted by atomic mass is 79.9. The van der Waals surface area contributed by atoms with Gasteiger partial charge < -0.3 is 87.3 Å². The Morgan fingerprint density at radius 1 is 0.517 bits per heavy atom. The van der Waals surface area contributed by atoms with Crippen LogP contribution < -0.4 is 38.9 Å². The van der Waals surface area contributed by atoms with E-state index in [-0.39, 0.29) is 154 Å². The van der Waals surface area contributed by atoms with E-state index in [1.165, 1.54) is 107 Å². The number of aromatic nitrogens is 10. The highest BCUT2D eigenvalue weighted by molar-refractivity contribution is 9.11. The van der Waals surface area contributed by atoms with Crippen LogP contribution >= 0.6 is 73.7 Å². The molecule has 11 amide bonds. The van der Waals surface area contributed by atoms with Crippen LogP contribution in [0.5, 0.6) is 0 Å². The van der Waals surface area contributed by atoms with E-state index in [9.17, 15) is 75.9 Å². The molecular formula is C86H115BBr3ClF2N22O19S15. The first-order valence-corrected chi connectivity index (χ1v) is 59.6. The van der Waals surface area contributed by atoms with E-state index in [0.29, 0.717) is 101 Å². The number of pyridine rings is 2. The van der Waals surface area contributed by atoms with Gasteiger partial charge in [-0.2, -0.15) is 33.9 Å². The van der Waals surface area contributed by atoms with E-state index in [2.05, 4.69) is 217 Å². The number of likely N-dealkylation sites (tertiary alicyclic amines) is 1. The van der Waals surface area contributed by atoms with Crippen LogP contribution in [0.2, 0.25) is 0 Å². The van der Waals surface area contributed by atoms with Crippen LogP contribution in [-0.4, -0.2) is 281 Å². The number of rotatable bonds is 20. The maximum atomic E-state index is 14.3. The lowest BCUT2D eigenvalue weighted by Crippen LogP contribution is -2.44. The Kier molecular flexibility index (Phi) is 61.2. The highest BCUT2D eigenvalue weighted by Gasteiger charge is 2.53. The number of hydrogen-bond donors (Lipinski definition) is 8. The third-order valence-electron chi connectivity index (χ3n) is 21.5. The monoisotopic (exact) mass is 2560 g/mol. The molecule has 63 heteroatoms. The van der Waals surface area contributed by atoms with Gasteiger partial charge in [0.25, 0.3) is 23.6 Å². The van der Waals surface area contributed by atoms with Crippen molar-refractivity contribution in [2.75, 3.05) is 76.1 Å². The number of carboxylic acid groups (broad SMARTS) is 1. The lowest BCUT2D eigenvalue weighted by atomic mass is 9.75. The molecular weight excluding hydrogens is 2450 g/mol. The number of aliphatic carboxylic acids is 1. The van der Waals surface area contributed by atoms with Crippen LogP contribution in [0.4, 0.5) is 20.4 Å². The van der Waals surface area contributed by atoms with Crippen LogP contribution in [0.15, 0.2) is 105 Å². The molecule has 13 rings (SSSR count). The molecule has 41 nitrogen and oxygen atoms in total. The first kappa shape index (κ1) is 137. The maximum absolute atomic E-state index is 14.3. The molecule has 149 heavy (non-hydrogen) atoms. The molecule has 7 aliphatic rings. The summed E-state index contributed by atoms with van der Waals surface area (Å²) in [4.78, 5) is 180. The average Bonchev–Trinajstić information content (AvgIpc) is 1.62. The van der Waals surface area contributed by atoms with Crippen molar-refractivity contribution in [2.24, 2.45) is 22.9 Å². The molecule has 0 aromatic carbocycles. The van der Waals surface area contributed by atoms with Gasteiger partial charge in [-0.25, -0.2) is 18.7 Å². The van der Waals surface area contributed by atoms with Crippen LogP contribution in [0.1, 0.15) is 194 Å². The number of ether oxygens (including phenoxy) is 2. The smallest absolute Gasteiger partial charge is 0.480 e. The summed E-state index contributed by atoms with van der Waals surface area (Å²) in [5, 5.41) is 32.9. The number of esters is 2. The van der Waals surface area contributed by atoms with Gasteiger partial charge in [0.2, 0.25) is 41.4 Å². The summed E-state index contributed by atoms with van der Waals surface area (Å²) in [6.45, 7) is 28.5. The van der Waals surface area contributed by atoms with Gasteiger partial charge in [-0.05, 0) is 189 Å². The third kappa shape index (κ3) is 47.2. The Labute approximate surface area is 955 Å². The fourth-order valence-electron chi connectivity index (χ4n) is 14.2. The zero-order valence-corrected chi connectivity index (χ0v) is 101. The molecule has 13 heterocycles. The van der Waals surface area contributed by atoms with E-state index in [0.717, 1.165) is 44.0 Å². The minimum Gasteiger partial charge on any atom is -0.480 e. The van der Waals surface area contributed by atoms with Crippen LogP contribution in [0.3, 0.4) is 0 Å². The van der Waals surface area contributed by atoms with Crippen LogP contribution in [0, 0.1) is 0 Å². The lowest BCUT2D eigenvalue weighted by Gasteiger charge is -2.32. The number of anilines is 2. The summed E-state index contributed by atoms with van der Waals surface area (Å²) in [6, 6.07) is 8.71. The summed E-state index contributed by atoms with van der Waals surface area (Å²) in [5.41, 5.74) is 25.2. The minimum absolute atomic E-state index is 0. The molecule has 7 aliphatic heterocycles. The second-order valence-electron chi connectivity index (χ2n) is 35.0. The number of nitrogens with one attached hydrogen (secondary N) is 3. The number of halogens is 6. The van der Waals surface area contributed by atoms with Gasteiger partial charge in [-0.15, -0.1) is 12.4 Å². The molecule has 818 valence electrons. The number of primary amides is 4. The number of hydrogen-bond acceptors (Lipinski definition) is 33. The second kappa shape index (κ2) is 66.7. The molecule has 0 radical (unpaired) electrons.